The van der Waals surface area contributed by atoms with E-state index in [0.717, 1.165) is 15.7 Å². The van der Waals surface area contributed by atoms with Gasteiger partial charge in [-0.05, 0) is 41.7 Å². The van der Waals surface area contributed by atoms with Crippen LogP contribution in [0, 0.1) is 5.41 Å². The lowest BCUT2D eigenvalue weighted by Gasteiger charge is -2.31. The van der Waals surface area contributed by atoms with E-state index in [9.17, 15) is 9.90 Å². The van der Waals surface area contributed by atoms with Gasteiger partial charge in [0, 0.05) is 17.3 Å². The third kappa shape index (κ3) is 4.50. The molecule has 4 heteroatoms. The van der Waals surface area contributed by atoms with Crippen molar-refractivity contribution in [2.45, 2.75) is 33.1 Å². The van der Waals surface area contributed by atoms with E-state index < -0.39 is 0 Å². The number of Topliss-reactive ketones (excluding diaryl/α,β-unsaturated/α-hetero) is 1. The third-order valence-corrected chi connectivity index (χ3v) is 4.97. The van der Waals surface area contributed by atoms with Crippen LogP contribution in [-0.2, 0) is 11.2 Å². The summed E-state index contributed by atoms with van der Waals surface area (Å²) in [5.41, 5.74) is 2.64. The van der Waals surface area contributed by atoms with E-state index in [4.69, 9.17) is 4.99 Å². The molecule has 0 amide bonds. The van der Waals surface area contributed by atoms with Gasteiger partial charge in [-0.25, -0.2) is 0 Å². The Kier molecular flexibility index (Phi) is 5.42. The van der Waals surface area contributed by atoms with E-state index in [0.29, 0.717) is 30.5 Å². The third-order valence-electron chi connectivity index (χ3n) is 4.45. The first-order chi connectivity index (χ1) is 12.3. The number of aliphatic hydroxyl groups excluding tert-OH is 1. The maximum atomic E-state index is 12.8. The Balaban J connectivity index is 2.02. The monoisotopic (exact) mass is 411 g/mol. The lowest BCUT2D eigenvalue weighted by molar-refractivity contribution is -0.117. The minimum absolute atomic E-state index is 0.0365. The molecule has 3 nitrogen and oxygen atoms in total. The van der Waals surface area contributed by atoms with Crippen molar-refractivity contribution in [3.63, 3.8) is 0 Å². The highest BCUT2D eigenvalue weighted by molar-refractivity contribution is 9.10. The van der Waals surface area contributed by atoms with Gasteiger partial charge in [-0.2, -0.15) is 0 Å². The standard InChI is InChI=1S/C22H22BrNO2/c1-22(2)13-18(24-17-10-8-16(23)9-11-17)21(20(26)14-22)19(25)12-15-6-4-3-5-7-15/h3-11,25H,12-14H2,1-2H3. The summed E-state index contributed by atoms with van der Waals surface area (Å²) in [7, 11) is 0. The molecular weight excluding hydrogens is 390 g/mol. The van der Waals surface area contributed by atoms with Gasteiger partial charge in [-0.1, -0.05) is 60.1 Å². The van der Waals surface area contributed by atoms with E-state index in [1.807, 2.05) is 54.6 Å². The Bertz CT molecular complexity index is 865. The van der Waals surface area contributed by atoms with Crippen LogP contribution in [0.4, 0.5) is 5.69 Å². The number of benzene rings is 2. The van der Waals surface area contributed by atoms with Crippen molar-refractivity contribution < 1.29 is 9.90 Å². The number of carbonyl (C=O) groups excluding carboxylic acids is 1. The molecule has 0 saturated heterocycles. The van der Waals surface area contributed by atoms with Gasteiger partial charge in [0.05, 0.1) is 17.0 Å². The van der Waals surface area contributed by atoms with Crippen LogP contribution in [0.2, 0.25) is 0 Å². The zero-order valence-corrected chi connectivity index (χ0v) is 16.6. The minimum Gasteiger partial charge on any atom is -0.511 e. The van der Waals surface area contributed by atoms with Crippen molar-refractivity contribution in [3.05, 3.63) is 76.0 Å². The van der Waals surface area contributed by atoms with Crippen LogP contribution in [0.1, 0.15) is 32.3 Å². The molecule has 0 bridgehead atoms. The van der Waals surface area contributed by atoms with Crippen LogP contribution < -0.4 is 0 Å². The van der Waals surface area contributed by atoms with Crippen molar-refractivity contribution in [1.82, 2.24) is 0 Å². The highest BCUT2D eigenvalue weighted by Gasteiger charge is 2.36. The molecule has 0 radical (unpaired) electrons. The quantitative estimate of drug-likeness (QED) is 0.499. The summed E-state index contributed by atoms with van der Waals surface area (Å²) >= 11 is 3.42. The molecule has 1 N–H and O–H groups in total. The Hall–Kier alpha value is -2.20. The van der Waals surface area contributed by atoms with E-state index in [1.54, 1.807) is 0 Å². The molecule has 1 aliphatic carbocycles. The average molecular weight is 412 g/mol. The first-order valence-corrected chi connectivity index (χ1v) is 9.46. The zero-order valence-electron chi connectivity index (χ0n) is 15.0. The van der Waals surface area contributed by atoms with E-state index >= 15 is 0 Å². The SMILES string of the molecule is CC1(C)CC(=O)C(=C(O)Cc2ccccc2)C(=Nc2ccc(Br)cc2)C1. The first-order valence-electron chi connectivity index (χ1n) is 8.67. The van der Waals surface area contributed by atoms with Gasteiger partial charge in [0.15, 0.2) is 5.78 Å². The van der Waals surface area contributed by atoms with Gasteiger partial charge < -0.3 is 5.11 Å². The van der Waals surface area contributed by atoms with Crippen LogP contribution in [-0.4, -0.2) is 16.6 Å². The lowest BCUT2D eigenvalue weighted by atomic mass is 9.73. The zero-order chi connectivity index (χ0) is 18.7. The fourth-order valence-electron chi connectivity index (χ4n) is 3.26. The molecule has 0 heterocycles. The summed E-state index contributed by atoms with van der Waals surface area (Å²) in [4.78, 5) is 17.5. The van der Waals surface area contributed by atoms with Crippen molar-refractivity contribution in [2.24, 2.45) is 10.4 Å². The Morgan fingerprint density at radius 3 is 2.38 bits per heavy atom. The van der Waals surface area contributed by atoms with Crippen molar-refractivity contribution in [2.75, 3.05) is 0 Å². The number of aliphatic imine (C=N–C) groups is 1. The van der Waals surface area contributed by atoms with Crippen LogP contribution in [0.25, 0.3) is 0 Å². The molecule has 0 atom stereocenters. The van der Waals surface area contributed by atoms with Gasteiger partial charge in [-0.3, -0.25) is 9.79 Å². The molecule has 0 aliphatic heterocycles. The van der Waals surface area contributed by atoms with Gasteiger partial charge in [-0.15, -0.1) is 0 Å². The predicted octanol–water partition coefficient (Wildman–Crippen LogP) is 5.97. The van der Waals surface area contributed by atoms with Crippen molar-refractivity contribution in [1.29, 1.82) is 0 Å². The average Bonchev–Trinajstić information content (AvgIpc) is 2.56. The van der Waals surface area contributed by atoms with E-state index in [-0.39, 0.29) is 17.0 Å². The van der Waals surface area contributed by atoms with Crippen LogP contribution >= 0.6 is 15.9 Å². The number of ketones is 1. The Labute approximate surface area is 162 Å². The van der Waals surface area contributed by atoms with Crippen LogP contribution in [0.15, 0.2) is 75.4 Å². The number of rotatable bonds is 3. The lowest BCUT2D eigenvalue weighted by Crippen LogP contribution is -2.32. The van der Waals surface area contributed by atoms with E-state index in [2.05, 4.69) is 29.8 Å². The number of aliphatic hydroxyl groups is 1. The molecular formula is C22H22BrNO2. The van der Waals surface area contributed by atoms with Crippen molar-refractivity contribution in [3.8, 4) is 0 Å². The molecule has 0 unspecified atom stereocenters. The molecule has 134 valence electrons. The topological polar surface area (TPSA) is 49.7 Å². The summed E-state index contributed by atoms with van der Waals surface area (Å²) in [5.74, 6) is 0.0677. The molecule has 1 aliphatic rings. The van der Waals surface area contributed by atoms with Gasteiger partial charge in [0.2, 0.25) is 0 Å². The fraction of sp³-hybridized carbons (Fsp3) is 0.273. The van der Waals surface area contributed by atoms with Crippen LogP contribution in [0.5, 0.6) is 0 Å². The molecule has 1 saturated carbocycles. The molecule has 2 aromatic carbocycles. The van der Waals surface area contributed by atoms with Gasteiger partial charge in [0.1, 0.15) is 5.76 Å². The number of carbonyl (C=O) groups is 1. The van der Waals surface area contributed by atoms with Crippen LogP contribution in [0.3, 0.4) is 0 Å². The molecule has 3 rings (SSSR count). The Morgan fingerprint density at radius 1 is 1.08 bits per heavy atom. The number of allylic oxidation sites excluding steroid dienone is 2. The highest BCUT2D eigenvalue weighted by atomic mass is 79.9. The molecule has 26 heavy (non-hydrogen) atoms. The largest absolute Gasteiger partial charge is 0.511 e. The summed E-state index contributed by atoms with van der Waals surface area (Å²) in [6.07, 6.45) is 1.41. The predicted molar refractivity (Wildman–Crippen MR) is 109 cm³/mol. The maximum Gasteiger partial charge on any atom is 0.168 e. The Morgan fingerprint density at radius 2 is 1.73 bits per heavy atom. The second kappa shape index (κ2) is 7.58. The first kappa shape index (κ1) is 18.6. The summed E-state index contributed by atoms with van der Waals surface area (Å²) in [5, 5.41) is 10.7. The van der Waals surface area contributed by atoms with Gasteiger partial charge >= 0.3 is 0 Å². The number of halogens is 1. The number of hydrogen-bond acceptors (Lipinski definition) is 3. The van der Waals surface area contributed by atoms with E-state index in [1.165, 1.54) is 0 Å². The summed E-state index contributed by atoms with van der Waals surface area (Å²) < 4.78 is 0.976. The second-order valence-corrected chi connectivity index (χ2v) is 8.38. The fourth-order valence-corrected chi connectivity index (χ4v) is 3.52. The van der Waals surface area contributed by atoms with Crippen molar-refractivity contribution >= 4 is 33.1 Å². The normalized spacial score (nSPS) is 20.3. The summed E-state index contributed by atoms with van der Waals surface area (Å²) in [6.45, 7) is 4.13. The molecule has 1 fully saturated rings. The van der Waals surface area contributed by atoms with Gasteiger partial charge in [0.25, 0.3) is 0 Å². The highest BCUT2D eigenvalue weighted by Crippen LogP contribution is 2.36. The number of nitrogens with zero attached hydrogens (tertiary/aromatic N) is 1. The second-order valence-electron chi connectivity index (χ2n) is 7.46. The maximum absolute atomic E-state index is 12.8. The molecule has 0 aromatic heterocycles. The molecule has 0 spiro atoms. The smallest absolute Gasteiger partial charge is 0.168 e. The summed E-state index contributed by atoms with van der Waals surface area (Å²) in [6, 6.07) is 17.3. The number of hydrogen-bond donors (Lipinski definition) is 1. The minimum atomic E-state index is -0.165. The molecule has 2 aromatic rings.